The third-order valence-electron chi connectivity index (χ3n) is 9.86. The smallest absolute Gasteiger partial charge is 0.416 e. The Balaban J connectivity index is 1.52. The van der Waals surface area contributed by atoms with Gasteiger partial charge in [0.15, 0.2) is 21.4 Å². The van der Waals surface area contributed by atoms with E-state index in [1.165, 1.54) is 17.5 Å². The molecule has 0 bridgehead atoms. The van der Waals surface area contributed by atoms with Gasteiger partial charge in [0.25, 0.3) is 0 Å². The van der Waals surface area contributed by atoms with E-state index in [1.54, 1.807) is 24.3 Å². The van der Waals surface area contributed by atoms with Gasteiger partial charge in [-0.3, -0.25) is 0 Å². The lowest BCUT2D eigenvalue weighted by molar-refractivity contribution is -0.137. The van der Waals surface area contributed by atoms with Crippen molar-refractivity contribution in [2.24, 2.45) is 11.8 Å². The summed E-state index contributed by atoms with van der Waals surface area (Å²) in [7, 11) is -7.20. The number of nitrogens with zero attached hydrogens (tertiary/aromatic N) is 1. The fraction of sp³-hybridized carbons (Fsp3) is 0.394. The average Bonchev–Trinajstić information content (AvgIpc) is 3.04. The summed E-state index contributed by atoms with van der Waals surface area (Å²) in [5.74, 6) is -3.83. The maximum Gasteiger partial charge on any atom is 0.416 e. The third-order valence-corrected chi connectivity index (χ3v) is 14.7. The standard InChI is InChI=1S/C33H32F5NO6S2/c1-3-4-24-17-25-26-19-45-31-28(35)14-13-27(34)30(31)32(26,46(40,41)23-11-7-21(8-12-23)33(36,37)38)16-15-29(25)39(47(24,42)43)18-20-5-9-22(44-2)10-6-20/h3,5-14,24-26,29H,1,4,15-19H2,2H3/t24-,25-,26+,29+,32+/m1/s1. The highest BCUT2D eigenvalue weighted by Crippen LogP contribution is 2.61. The Hall–Kier alpha value is -3.49. The van der Waals surface area contributed by atoms with Gasteiger partial charge in [0.05, 0.1) is 35.0 Å². The zero-order valence-electron chi connectivity index (χ0n) is 25.2. The molecule has 7 nitrogen and oxygen atoms in total. The third kappa shape index (κ3) is 5.32. The molecule has 0 spiro atoms. The van der Waals surface area contributed by atoms with Crippen molar-refractivity contribution in [1.29, 1.82) is 0 Å². The van der Waals surface area contributed by atoms with Gasteiger partial charge in [-0.1, -0.05) is 18.2 Å². The van der Waals surface area contributed by atoms with E-state index in [9.17, 15) is 30.0 Å². The number of ether oxygens (including phenoxy) is 2. The number of hydrogen-bond donors (Lipinski definition) is 0. The van der Waals surface area contributed by atoms with Crippen molar-refractivity contribution >= 4 is 19.9 Å². The second-order valence-electron chi connectivity index (χ2n) is 12.2. The van der Waals surface area contributed by atoms with Gasteiger partial charge in [0.1, 0.15) is 16.3 Å². The molecule has 3 aromatic carbocycles. The zero-order chi connectivity index (χ0) is 33.9. The van der Waals surface area contributed by atoms with Gasteiger partial charge in [-0.15, -0.1) is 6.58 Å². The first kappa shape index (κ1) is 33.4. The molecule has 1 saturated carbocycles. The first-order chi connectivity index (χ1) is 22.2. The molecule has 47 heavy (non-hydrogen) atoms. The van der Waals surface area contributed by atoms with Crippen molar-refractivity contribution in [2.75, 3.05) is 13.7 Å². The summed E-state index contributed by atoms with van der Waals surface area (Å²) in [6.45, 7) is 3.30. The minimum Gasteiger partial charge on any atom is -0.497 e. The van der Waals surface area contributed by atoms with Gasteiger partial charge in [0, 0.05) is 18.5 Å². The van der Waals surface area contributed by atoms with Gasteiger partial charge in [-0.05, 0) is 85.7 Å². The van der Waals surface area contributed by atoms with Crippen molar-refractivity contribution < 1.29 is 48.3 Å². The Morgan fingerprint density at radius 2 is 1.70 bits per heavy atom. The molecule has 1 saturated heterocycles. The average molecular weight is 698 g/mol. The fourth-order valence-electron chi connectivity index (χ4n) is 7.69. The molecule has 252 valence electrons. The highest BCUT2D eigenvalue weighted by atomic mass is 32.2. The number of allylic oxidation sites excluding steroid dienone is 1. The van der Waals surface area contributed by atoms with Crippen LogP contribution in [-0.4, -0.2) is 46.1 Å². The molecule has 2 aliphatic heterocycles. The number of rotatable bonds is 7. The molecule has 0 N–H and O–H groups in total. The molecule has 2 fully saturated rings. The number of fused-ring (bicyclic) bond motifs is 5. The number of benzene rings is 3. The Labute approximate surface area is 270 Å². The largest absolute Gasteiger partial charge is 0.497 e. The van der Waals surface area contributed by atoms with Crippen molar-refractivity contribution in [1.82, 2.24) is 4.31 Å². The molecule has 3 aliphatic rings. The van der Waals surface area contributed by atoms with E-state index in [4.69, 9.17) is 9.47 Å². The fourth-order valence-corrected chi connectivity index (χ4v) is 12.3. The number of sulfonamides is 1. The molecule has 6 rings (SSSR count). The summed E-state index contributed by atoms with van der Waals surface area (Å²) in [6, 6.07) is 10.6. The number of methoxy groups -OCH3 is 1. The van der Waals surface area contributed by atoms with Gasteiger partial charge >= 0.3 is 6.18 Å². The monoisotopic (exact) mass is 697 g/mol. The molecule has 5 atom stereocenters. The van der Waals surface area contributed by atoms with Crippen LogP contribution in [0.25, 0.3) is 0 Å². The summed E-state index contributed by atoms with van der Waals surface area (Å²) in [4.78, 5) is -0.494. The molecule has 0 radical (unpaired) electrons. The van der Waals surface area contributed by atoms with Crippen LogP contribution in [0, 0.1) is 23.5 Å². The van der Waals surface area contributed by atoms with Crippen LogP contribution < -0.4 is 9.47 Å². The Kier molecular flexibility index (Phi) is 8.45. The SMILES string of the molecule is C=CC[C@@H]1C[C@H]2[C@H](CC[C@@]3(S(=O)(=O)c4ccc(C(F)(F)F)cc4)c4c(F)ccc(F)c4OC[C@@H]23)N(Cc2ccc(OC)cc2)S1(=O)=O. The highest BCUT2D eigenvalue weighted by Gasteiger charge is 2.65. The second-order valence-corrected chi connectivity index (χ2v) is 16.5. The summed E-state index contributed by atoms with van der Waals surface area (Å²) in [5, 5.41) is -0.997. The van der Waals surface area contributed by atoms with Crippen molar-refractivity contribution in [3.63, 3.8) is 0 Å². The van der Waals surface area contributed by atoms with E-state index in [0.29, 0.717) is 23.4 Å². The quantitative estimate of drug-likeness (QED) is 0.204. The van der Waals surface area contributed by atoms with Crippen molar-refractivity contribution in [3.8, 4) is 11.5 Å². The minimum atomic E-state index is -4.75. The van der Waals surface area contributed by atoms with Crippen LogP contribution in [0.3, 0.4) is 0 Å². The lowest BCUT2D eigenvalue weighted by Gasteiger charge is -2.57. The van der Waals surface area contributed by atoms with E-state index in [-0.39, 0.29) is 38.8 Å². The Bertz CT molecular complexity index is 1900. The molecule has 3 aromatic rings. The van der Waals surface area contributed by atoms with Crippen LogP contribution in [0.1, 0.15) is 42.4 Å². The predicted octanol–water partition coefficient (Wildman–Crippen LogP) is 6.63. The number of alkyl halides is 3. The molecular formula is C33H32F5NO6S2. The molecule has 0 unspecified atom stereocenters. The summed E-state index contributed by atoms with van der Waals surface area (Å²) >= 11 is 0. The van der Waals surface area contributed by atoms with E-state index >= 15 is 8.78 Å². The molecule has 0 amide bonds. The number of halogens is 5. The van der Waals surface area contributed by atoms with Crippen LogP contribution in [0.15, 0.2) is 78.2 Å². The molecule has 0 aromatic heterocycles. The van der Waals surface area contributed by atoms with Crippen molar-refractivity contribution in [2.45, 2.75) is 59.3 Å². The first-order valence-corrected chi connectivity index (χ1v) is 17.9. The predicted molar refractivity (Wildman–Crippen MR) is 163 cm³/mol. The van der Waals surface area contributed by atoms with Gasteiger partial charge in [-0.25, -0.2) is 25.6 Å². The highest BCUT2D eigenvalue weighted by molar-refractivity contribution is 7.92. The molecule has 2 heterocycles. The van der Waals surface area contributed by atoms with Crippen LogP contribution >= 0.6 is 0 Å². The lowest BCUT2D eigenvalue weighted by atomic mass is 9.64. The number of sulfone groups is 1. The summed E-state index contributed by atoms with van der Waals surface area (Å²) < 4.78 is 139. The van der Waals surface area contributed by atoms with Gasteiger partial charge < -0.3 is 9.47 Å². The van der Waals surface area contributed by atoms with E-state index < -0.39 is 87.3 Å². The van der Waals surface area contributed by atoms with Crippen molar-refractivity contribution in [3.05, 3.63) is 102 Å². The second kappa shape index (κ2) is 11.9. The van der Waals surface area contributed by atoms with E-state index in [0.717, 1.165) is 24.3 Å². The molecule has 14 heteroatoms. The summed E-state index contributed by atoms with van der Waals surface area (Å²) in [5.41, 5.74) is -0.944. The molecular weight excluding hydrogens is 665 g/mol. The molecule has 1 aliphatic carbocycles. The Morgan fingerprint density at radius 1 is 1.04 bits per heavy atom. The van der Waals surface area contributed by atoms with Gasteiger partial charge in [0.2, 0.25) is 10.0 Å². The zero-order valence-corrected chi connectivity index (χ0v) is 26.8. The normalized spacial score (nSPS) is 27.1. The van der Waals surface area contributed by atoms with E-state index in [2.05, 4.69) is 6.58 Å². The maximum absolute atomic E-state index is 15.9. The van der Waals surface area contributed by atoms with Crippen LogP contribution in [0.2, 0.25) is 0 Å². The van der Waals surface area contributed by atoms with E-state index in [1.807, 2.05) is 0 Å². The Morgan fingerprint density at radius 3 is 2.32 bits per heavy atom. The van der Waals surface area contributed by atoms with Crippen LogP contribution in [-0.2, 0) is 37.3 Å². The first-order valence-electron chi connectivity index (χ1n) is 14.9. The summed E-state index contributed by atoms with van der Waals surface area (Å²) in [6.07, 6.45) is -3.61. The number of hydrogen-bond acceptors (Lipinski definition) is 6. The lowest BCUT2D eigenvalue weighted by Crippen LogP contribution is -2.64. The van der Waals surface area contributed by atoms with Crippen LogP contribution in [0.4, 0.5) is 22.0 Å². The topological polar surface area (TPSA) is 90.0 Å². The maximum atomic E-state index is 15.9. The van der Waals surface area contributed by atoms with Crippen LogP contribution in [0.5, 0.6) is 11.5 Å². The van der Waals surface area contributed by atoms with Gasteiger partial charge in [-0.2, -0.15) is 17.5 Å². The minimum absolute atomic E-state index is 0.0112.